The maximum Gasteiger partial charge on any atom is 0.408 e. The van der Waals surface area contributed by atoms with Gasteiger partial charge in [0.25, 0.3) is 5.91 Å². The number of rotatable bonds is 5. The maximum absolute atomic E-state index is 13.0. The third-order valence-electron chi connectivity index (χ3n) is 5.69. The van der Waals surface area contributed by atoms with Crippen LogP contribution in [0, 0.1) is 12.8 Å². The molecule has 0 radical (unpaired) electrons. The van der Waals surface area contributed by atoms with Crippen molar-refractivity contribution in [2.24, 2.45) is 5.92 Å². The van der Waals surface area contributed by atoms with Gasteiger partial charge in [-0.1, -0.05) is 0 Å². The number of hydrogen-bond donors (Lipinski definition) is 2. The quantitative estimate of drug-likeness (QED) is 0.660. The summed E-state index contributed by atoms with van der Waals surface area (Å²) in [6, 6.07) is 0.156. The number of alkyl carbamates (subject to hydrolysis) is 1. The van der Waals surface area contributed by atoms with Crippen molar-refractivity contribution in [1.29, 1.82) is 0 Å². The van der Waals surface area contributed by atoms with Crippen molar-refractivity contribution >= 4 is 33.6 Å². The summed E-state index contributed by atoms with van der Waals surface area (Å²) in [6.07, 6.45) is 4.32. The van der Waals surface area contributed by atoms with E-state index in [0.717, 1.165) is 22.3 Å². The van der Waals surface area contributed by atoms with E-state index < -0.39 is 17.2 Å². The van der Waals surface area contributed by atoms with E-state index in [4.69, 9.17) is 4.74 Å². The van der Waals surface area contributed by atoms with Crippen molar-refractivity contribution in [3.63, 3.8) is 0 Å². The van der Waals surface area contributed by atoms with E-state index in [0.29, 0.717) is 24.6 Å². The molecule has 8 heteroatoms. The van der Waals surface area contributed by atoms with Crippen LogP contribution in [0.5, 0.6) is 0 Å². The minimum Gasteiger partial charge on any atom is -0.444 e. The Morgan fingerprint density at radius 1 is 1.37 bits per heavy atom. The fraction of sp³-hybridized carbons (Fsp3) is 0.682. The Bertz CT molecular complexity index is 834. The predicted molar refractivity (Wildman–Crippen MR) is 121 cm³/mol. The molecule has 1 saturated heterocycles. The van der Waals surface area contributed by atoms with E-state index in [-0.39, 0.29) is 11.9 Å². The Hall–Kier alpha value is -1.83. The number of anilines is 1. The average molecular weight is 481 g/mol. The summed E-state index contributed by atoms with van der Waals surface area (Å²) in [5, 5.41) is 6.15. The fourth-order valence-corrected chi connectivity index (χ4v) is 4.41. The number of hydrogen-bond acceptors (Lipinski definition) is 5. The molecule has 0 spiro atoms. The zero-order valence-corrected chi connectivity index (χ0v) is 20.4. The Kier molecular flexibility index (Phi) is 6.37. The lowest BCUT2D eigenvalue weighted by atomic mass is 10.0. The minimum atomic E-state index is -0.548. The van der Waals surface area contributed by atoms with Gasteiger partial charge in [0.2, 0.25) is 0 Å². The predicted octanol–water partition coefficient (Wildman–Crippen LogP) is 4.17. The van der Waals surface area contributed by atoms with Gasteiger partial charge < -0.3 is 20.3 Å². The van der Waals surface area contributed by atoms with Gasteiger partial charge in [-0.15, -0.1) is 0 Å². The van der Waals surface area contributed by atoms with Crippen LogP contribution in [-0.2, 0) is 4.74 Å². The number of ether oxygens (including phenoxy) is 1. The molecule has 2 atom stereocenters. The van der Waals surface area contributed by atoms with Crippen molar-refractivity contribution in [2.45, 2.75) is 78.0 Å². The standard InChI is InChI=1S/C22H33BrN4O3/c1-13(15-7-8-15)25-19(28)16-11-24-14(2)17(23)18(16)27-10-9-22(6,12-27)26-20(29)30-21(3,4)5/h11,13,15H,7-10,12H2,1-6H3,(H,25,28)(H,26,29)/t13-,22-/m0/s1. The number of pyridine rings is 1. The molecular weight excluding hydrogens is 448 g/mol. The van der Waals surface area contributed by atoms with Crippen molar-refractivity contribution < 1.29 is 14.3 Å². The Morgan fingerprint density at radius 2 is 2.03 bits per heavy atom. The normalized spacial score (nSPS) is 22.6. The third-order valence-corrected chi connectivity index (χ3v) is 6.64. The number of carbonyl (C=O) groups excluding carboxylic acids is 2. The molecule has 2 fully saturated rings. The van der Waals surface area contributed by atoms with Gasteiger partial charge in [0.05, 0.1) is 27.0 Å². The molecule has 7 nitrogen and oxygen atoms in total. The molecule has 30 heavy (non-hydrogen) atoms. The van der Waals surface area contributed by atoms with E-state index in [2.05, 4.69) is 43.4 Å². The summed E-state index contributed by atoms with van der Waals surface area (Å²) >= 11 is 3.65. The van der Waals surface area contributed by atoms with Crippen molar-refractivity contribution in [3.05, 3.63) is 21.9 Å². The summed E-state index contributed by atoms with van der Waals surface area (Å²) < 4.78 is 6.25. The molecule has 1 aromatic rings. The molecule has 1 aliphatic heterocycles. The lowest BCUT2D eigenvalue weighted by Crippen LogP contribution is -2.49. The van der Waals surface area contributed by atoms with E-state index in [1.54, 1.807) is 6.20 Å². The molecule has 1 saturated carbocycles. The highest BCUT2D eigenvalue weighted by Crippen LogP contribution is 2.37. The van der Waals surface area contributed by atoms with Crippen molar-refractivity contribution in [2.75, 3.05) is 18.0 Å². The fourth-order valence-electron chi connectivity index (χ4n) is 3.85. The summed E-state index contributed by atoms with van der Waals surface area (Å²) in [6.45, 7) is 12.8. The van der Waals surface area contributed by atoms with Gasteiger partial charge in [-0.05, 0) is 82.7 Å². The topological polar surface area (TPSA) is 83.6 Å². The van der Waals surface area contributed by atoms with Crippen molar-refractivity contribution in [3.8, 4) is 0 Å². The minimum absolute atomic E-state index is 0.105. The van der Waals surface area contributed by atoms with Gasteiger partial charge in [0, 0.05) is 25.3 Å². The lowest BCUT2D eigenvalue weighted by Gasteiger charge is -2.30. The monoisotopic (exact) mass is 480 g/mol. The smallest absolute Gasteiger partial charge is 0.408 e. The zero-order chi connectivity index (χ0) is 22.3. The summed E-state index contributed by atoms with van der Waals surface area (Å²) in [5.74, 6) is 0.471. The van der Waals surface area contributed by atoms with Gasteiger partial charge >= 0.3 is 6.09 Å². The van der Waals surface area contributed by atoms with Gasteiger partial charge in [-0.2, -0.15) is 0 Å². The van der Waals surface area contributed by atoms with Crippen LogP contribution in [0.15, 0.2) is 10.7 Å². The number of carbonyl (C=O) groups is 2. The number of amides is 2. The molecule has 2 aliphatic rings. The molecule has 0 unspecified atom stereocenters. The van der Waals surface area contributed by atoms with Gasteiger partial charge in [-0.3, -0.25) is 9.78 Å². The van der Waals surface area contributed by atoms with Crippen LogP contribution >= 0.6 is 15.9 Å². The largest absolute Gasteiger partial charge is 0.444 e. The second-order valence-electron chi connectivity index (χ2n) is 9.88. The van der Waals surface area contributed by atoms with Crippen LogP contribution in [0.25, 0.3) is 0 Å². The molecule has 0 bridgehead atoms. The van der Waals surface area contributed by atoms with Gasteiger partial charge in [0.1, 0.15) is 5.60 Å². The number of halogens is 1. The molecule has 2 amide bonds. The molecule has 2 N–H and O–H groups in total. The summed E-state index contributed by atoms with van der Waals surface area (Å²) in [7, 11) is 0. The average Bonchev–Trinajstić information content (AvgIpc) is 3.39. The second-order valence-corrected chi connectivity index (χ2v) is 10.7. The van der Waals surface area contributed by atoms with E-state index in [9.17, 15) is 9.59 Å². The maximum atomic E-state index is 13.0. The van der Waals surface area contributed by atoms with Crippen LogP contribution in [0.1, 0.15) is 69.9 Å². The molecule has 1 aromatic heterocycles. The zero-order valence-electron chi connectivity index (χ0n) is 18.8. The first-order chi connectivity index (χ1) is 13.9. The highest BCUT2D eigenvalue weighted by atomic mass is 79.9. The van der Waals surface area contributed by atoms with Crippen LogP contribution in [0.3, 0.4) is 0 Å². The summed E-state index contributed by atoms with van der Waals surface area (Å²) in [5.41, 5.74) is 1.21. The third kappa shape index (κ3) is 5.45. The Morgan fingerprint density at radius 3 is 2.63 bits per heavy atom. The van der Waals surface area contributed by atoms with Crippen LogP contribution in [0.2, 0.25) is 0 Å². The Labute approximate surface area is 187 Å². The molecule has 166 valence electrons. The Balaban J connectivity index is 1.79. The number of aryl methyl sites for hydroxylation is 1. The van der Waals surface area contributed by atoms with Crippen LogP contribution in [-0.4, -0.2) is 47.3 Å². The van der Waals surface area contributed by atoms with Gasteiger partial charge in [-0.25, -0.2) is 4.79 Å². The highest BCUT2D eigenvalue weighted by Gasteiger charge is 2.39. The molecule has 1 aliphatic carbocycles. The van der Waals surface area contributed by atoms with Gasteiger partial charge in [0.15, 0.2) is 0 Å². The first-order valence-corrected chi connectivity index (χ1v) is 11.4. The first kappa shape index (κ1) is 22.8. The lowest BCUT2D eigenvalue weighted by molar-refractivity contribution is 0.0473. The molecule has 3 rings (SSSR count). The second kappa shape index (κ2) is 8.36. The first-order valence-electron chi connectivity index (χ1n) is 10.6. The van der Waals surface area contributed by atoms with Crippen LogP contribution < -0.4 is 15.5 Å². The van der Waals surface area contributed by atoms with Crippen molar-refractivity contribution in [1.82, 2.24) is 15.6 Å². The van der Waals surface area contributed by atoms with E-state index in [1.165, 1.54) is 12.8 Å². The number of nitrogens with one attached hydrogen (secondary N) is 2. The molecule has 0 aromatic carbocycles. The molecular formula is C22H33BrN4O3. The van der Waals surface area contributed by atoms with E-state index in [1.807, 2.05) is 34.6 Å². The molecule has 2 heterocycles. The van der Waals surface area contributed by atoms with Crippen LogP contribution in [0.4, 0.5) is 10.5 Å². The SMILES string of the molecule is Cc1ncc(C(=O)N[C@@H](C)C2CC2)c(N2CC[C@](C)(NC(=O)OC(C)(C)C)C2)c1Br. The highest BCUT2D eigenvalue weighted by molar-refractivity contribution is 9.10. The number of nitrogens with zero attached hydrogens (tertiary/aromatic N) is 2. The summed E-state index contributed by atoms with van der Waals surface area (Å²) in [4.78, 5) is 31.9. The van der Waals surface area contributed by atoms with E-state index >= 15 is 0 Å². The number of aromatic nitrogens is 1.